The maximum absolute atomic E-state index is 13.1. The summed E-state index contributed by atoms with van der Waals surface area (Å²) in [4.78, 5) is 29.8. The van der Waals surface area contributed by atoms with E-state index in [0.717, 1.165) is 44.0 Å². The van der Waals surface area contributed by atoms with Gasteiger partial charge >= 0.3 is 5.97 Å². The van der Waals surface area contributed by atoms with Crippen molar-refractivity contribution >= 4 is 23.3 Å². The van der Waals surface area contributed by atoms with E-state index in [4.69, 9.17) is 9.47 Å². The van der Waals surface area contributed by atoms with E-state index in [2.05, 4.69) is 22.0 Å². The van der Waals surface area contributed by atoms with E-state index in [9.17, 15) is 9.59 Å². The molecule has 7 nitrogen and oxygen atoms in total. The number of nitrogens with zero attached hydrogens (tertiary/aromatic N) is 2. The normalized spacial score (nSPS) is 13.8. The van der Waals surface area contributed by atoms with Gasteiger partial charge in [-0.2, -0.15) is 0 Å². The summed E-state index contributed by atoms with van der Waals surface area (Å²) in [6.07, 6.45) is 0. The Morgan fingerprint density at radius 1 is 0.886 bits per heavy atom. The van der Waals surface area contributed by atoms with E-state index in [0.29, 0.717) is 29.2 Å². The Morgan fingerprint density at radius 3 is 2.23 bits per heavy atom. The molecule has 0 saturated carbocycles. The van der Waals surface area contributed by atoms with Crippen molar-refractivity contribution in [3.05, 3.63) is 89.5 Å². The second kappa shape index (κ2) is 11.5. The molecular weight excluding hydrogens is 442 g/mol. The number of amides is 1. The van der Waals surface area contributed by atoms with Gasteiger partial charge < -0.3 is 24.6 Å². The molecule has 0 aliphatic carbocycles. The number of carbonyl (C=O) groups is 2. The van der Waals surface area contributed by atoms with Crippen molar-refractivity contribution in [1.29, 1.82) is 0 Å². The number of nitrogens with one attached hydrogen (secondary N) is 1. The molecule has 35 heavy (non-hydrogen) atoms. The molecule has 1 aliphatic rings. The summed E-state index contributed by atoms with van der Waals surface area (Å²) in [5.41, 5.74) is 3.45. The number of esters is 1. The van der Waals surface area contributed by atoms with Gasteiger partial charge in [-0.3, -0.25) is 4.79 Å². The maximum atomic E-state index is 13.1. The Morgan fingerprint density at radius 2 is 1.57 bits per heavy atom. The first-order valence-corrected chi connectivity index (χ1v) is 11.8. The van der Waals surface area contributed by atoms with Crippen molar-refractivity contribution < 1.29 is 19.1 Å². The molecule has 3 aromatic carbocycles. The van der Waals surface area contributed by atoms with E-state index in [-0.39, 0.29) is 5.91 Å². The summed E-state index contributed by atoms with van der Waals surface area (Å²) in [6.45, 7) is 7.24. The van der Waals surface area contributed by atoms with Gasteiger partial charge in [0.05, 0.1) is 24.0 Å². The number of hydrogen-bond acceptors (Lipinski definition) is 6. The van der Waals surface area contributed by atoms with Crippen LogP contribution in [-0.2, 0) is 11.3 Å². The number of rotatable bonds is 8. The third-order valence-corrected chi connectivity index (χ3v) is 6.19. The molecule has 0 bridgehead atoms. The average molecular weight is 474 g/mol. The molecule has 1 heterocycles. The molecule has 3 aromatic rings. The number of piperazine rings is 1. The van der Waals surface area contributed by atoms with Gasteiger partial charge in [0.2, 0.25) is 0 Å². The highest BCUT2D eigenvalue weighted by atomic mass is 16.5. The molecule has 1 amide bonds. The molecule has 1 aliphatic heterocycles. The minimum absolute atomic E-state index is 0.255. The fraction of sp³-hybridized carbons (Fsp3) is 0.286. The second-order valence-electron chi connectivity index (χ2n) is 8.40. The van der Waals surface area contributed by atoms with Gasteiger partial charge in [0.25, 0.3) is 5.91 Å². The average Bonchev–Trinajstić information content (AvgIpc) is 2.92. The van der Waals surface area contributed by atoms with Gasteiger partial charge in [-0.15, -0.1) is 0 Å². The minimum Gasteiger partial charge on any atom is -0.489 e. The summed E-state index contributed by atoms with van der Waals surface area (Å²) in [5, 5.41) is 3.00. The lowest BCUT2D eigenvalue weighted by Gasteiger charge is -2.36. The van der Waals surface area contributed by atoms with Crippen LogP contribution in [0, 0.1) is 0 Å². The summed E-state index contributed by atoms with van der Waals surface area (Å²) < 4.78 is 10.7. The van der Waals surface area contributed by atoms with E-state index in [1.807, 2.05) is 36.4 Å². The van der Waals surface area contributed by atoms with Crippen LogP contribution >= 0.6 is 0 Å². The highest BCUT2D eigenvalue weighted by molar-refractivity contribution is 6.07. The number of hydrogen-bond donors (Lipinski definition) is 1. The van der Waals surface area contributed by atoms with E-state index >= 15 is 0 Å². The Kier molecular flexibility index (Phi) is 8.00. The Hall–Kier alpha value is -3.84. The zero-order valence-corrected chi connectivity index (χ0v) is 20.2. The van der Waals surface area contributed by atoms with Crippen LogP contribution in [0.2, 0.25) is 0 Å². The Balaban J connectivity index is 1.48. The number of anilines is 2. The highest BCUT2D eigenvalue weighted by Gasteiger charge is 2.21. The number of ether oxygens (including phenoxy) is 2. The SMILES string of the molecule is CCN1CCN(c2ccc(C(=O)OC)cc2NC(=O)c2ccc(OCc3ccccc3)cc2)CC1. The van der Waals surface area contributed by atoms with Crippen LogP contribution in [0.25, 0.3) is 0 Å². The van der Waals surface area contributed by atoms with Gasteiger partial charge in [0.1, 0.15) is 12.4 Å². The predicted octanol–water partition coefficient (Wildman–Crippen LogP) is 4.45. The molecule has 1 N–H and O–H groups in total. The van der Waals surface area contributed by atoms with Gasteiger partial charge in [-0.1, -0.05) is 37.3 Å². The van der Waals surface area contributed by atoms with E-state index < -0.39 is 5.97 Å². The molecular formula is C28H31N3O4. The summed E-state index contributed by atoms with van der Waals surface area (Å²) in [7, 11) is 1.35. The molecule has 0 aromatic heterocycles. The van der Waals surface area contributed by atoms with Crippen LogP contribution in [0.1, 0.15) is 33.2 Å². The molecule has 7 heteroatoms. The van der Waals surface area contributed by atoms with Crippen LogP contribution in [0.5, 0.6) is 5.75 Å². The zero-order chi connectivity index (χ0) is 24.6. The van der Waals surface area contributed by atoms with Crippen molar-refractivity contribution in [2.24, 2.45) is 0 Å². The fourth-order valence-electron chi connectivity index (χ4n) is 4.10. The lowest BCUT2D eigenvalue weighted by atomic mass is 10.1. The number of likely N-dealkylation sites (N-methyl/N-ethyl adjacent to an activating group) is 1. The summed E-state index contributed by atoms with van der Waals surface area (Å²) in [5.74, 6) is -0.00888. The smallest absolute Gasteiger partial charge is 0.337 e. The Bertz CT molecular complexity index is 1140. The summed E-state index contributed by atoms with van der Waals surface area (Å²) >= 11 is 0. The quantitative estimate of drug-likeness (QED) is 0.488. The third-order valence-electron chi connectivity index (χ3n) is 6.19. The fourth-order valence-corrected chi connectivity index (χ4v) is 4.10. The van der Waals surface area contributed by atoms with Gasteiger partial charge in [-0.05, 0) is 54.6 Å². The zero-order valence-electron chi connectivity index (χ0n) is 20.2. The first kappa shape index (κ1) is 24.3. The largest absolute Gasteiger partial charge is 0.489 e. The Labute approximate surface area is 206 Å². The predicted molar refractivity (Wildman–Crippen MR) is 137 cm³/mol. The van der Waals surface area contributed by atoms with Crippen molar-refractivity contribution in [3.63, 3.8) is 0 Å². The first-order chi connectivity index (χ1) is 17.1. The van der Waals surface area contributed by atoms with Crippen LogP contribution in [0.3, 0.4) is 0 Å². The lowest BCUT2D eigenvalue weighted by molar-refractivity contribution is 0.0600. The van der Waals surface area contributed by atoms with Crippen molar-refractivity contribution in [2.75, 3.05) is 50.1 Å². The molecule has 0 spiro atoms. The molecule has 182 valence electrons. The third kappa shape index (κ3) is 6.19. The lowest BCUT2D eigenvalue weighted by Crippen LogP contribution is -2.46. The van der Waals surface area contributed by atoms with Crippen LogP contribution in [0.4, 0.5) is 11.4 Å². The first-order valence-electron chi connectivity index (χ1n) is 11.8. The molecule has 0 atom stereocenters. The van der Waals surface area contributed by atoms with Crippen LogP contribution in [0.15, 0.2) is 72.8 Å². The number of methoxy groups -OCH3 is 1. The summed E-state index contributed by atoms with van der Waals surface area (Å²) in [6, 6.07) is 22.3. The van der Waals surface area contributed by atoms with Crippen molar-refractivity contribution in [3.8, 4) is 5.75 Å². The highest BCUT2D eigenvalue weighted by Crippen LogP contribution is 2.29. The van der Waals surface area contributed by atoms with Gasteiger partial charge in [0, 0.05) is 31.7 Å². The standard InChI is InChI=1S/C28H31N3O4/c1-3-30-15-17-31(18-16-30)26-14-11-23(28(33)34-2)19-25(26)29-27(32)22-9-12-24(13-10-22)35-20-21-7-5-4-6-8-21/h4-14,19H,3,15-18,20H2,1-2H3,(H,29,32). The van der Waals surface area contributed by atoms with Crippen LogP contribution < -0.4 is 15.0 Å². The van der Waals surface area contributed by atoms with Crippen molar-refractivity contribution in [2.45, 2.75) is 13.5 Å². The maximum Gasteiger partial charge on any atom is 0.337 e. The molecule has 0 unspecified atom stereocenters. The molecule has 4 rings (SSSR count). The number of benzene rings is 3. The molecule has 1 saturated heterocycles. The molecule has 0 radical (unpaired) electrons. The molecule has 1 fully saturated rings. The van der Waals surface area contributed by atoms with Crippen molar-refractivity contribution in [1.82, 2.24) is 4.90 Å². The van der Waals surface area contributed by atoms with E-state index in [1.165, 1.54) is 7.11 Å². The monoisotopic (exact) mass is 473 g/mol. The second-order valence-corrected chi connectivity index (χ2v) is 8.40. The number of carbonyl (C=O) groups excluding carboxylic acids is 2. The van der Waals surface area contributed by atoms with E-state index in [1.54, 1.807) is 36.4 Å². The van der Waals surface area contributed by atoms with Gasteiger partial charge in [0.15, 0.2) is 0 Å². The topological polar surface area (TPSA) is 71.1 Å². The van der Waals surface area contributed by atoms with Gasteiger partial charge in [-0.25, -0.2) is 4.79 Å². The minimum atomic E-state index is -0.442. The van der Waals surface area contributed by atoms with Crippen LogP contribution in [-0.4, -0.2) is 56.6 Å².